The van der Waals surface area contributed by atoms with Crippen molar-refractivity contribution in [3.63, 3.8) is 0 Å². The minimum Gasteiger partial charge on any atom is -0.392 e. The van der Waals surface area contributed by atoms with Gasteiger partial charge in [-0.05, 0) is 43.7 Å². The lowest BCUT2D eigenvalue weighted by molar-refractivity contribution is 0.343. The van der Waals surface area contributed by atoms with E-state index in [1.54, 1.807) is 6.08 Å². The van der Waals surface area contributed by atoms with E-state index in [0.29, 0.717) is 0 Å². The van der Waals surface area contributed by atoms with E-state index in [0.717, 1.165) is 31.6 Å². The molecule has 1 nitrogen and oxygen atoms in total. The number of hydrogen-bond acceptors (Lipinski definition) is 1. The molecule has 1 rings (SSSR count). The van der Waals surface area contributed by atoms with Crippen LogP contribution < -0.4 is 0 Å². The van der Waals surface area contributed by atoms with Crippen LogP contribution in [0.4, 0.5) is 0 Å². The number of halogens is 1. The SMILES string of the molecule is C/C(=C\CCc1ccccc1/C=C/CO)CCCCl. The Morgan fingerprint density at radius 1 is 1.32 bits per heavy atom. The van der Waals surface area contributed by atoms with Gasteiger partial charge in [0.25, 0.3) is 0 Å². The highest BCUT2D eigenvalue weighted by molar-refractivity contribution is 6.17. The van der Waals surface area contributed by atoms with Crippen LogP contribution in [0.3, 0.4) is 0 Å². The lowest BCUT2D eigenvalue weighted by atomic mass is 10.0. The van der Waals surface area contributed by atoms with Crippen molar-refractivity contribution in [2.24, 2.45) is 0 Å². The Morgan fingerprint density at radius 2 is 2.11 bits per heavy atom. The molecule has 1 aromatic carbocycles. The molecule has 0 spiro atoms. The van der Waals surface area contributed by atoms with Crippen molar-refractivity contribution < 1.29 is 5.11 Å². The first kappa shape index (κ1) is 16.0. The first-order valence-corrected chi connectivity index (χ1v) is 7.38. The van der Waals surface area contributed by atoms with Gasteiger partial charge in [0.1, 0.15) is 0 Å². The van der Waals surface area contributed by atoms with E-state index in [9.17, 15) is 0 Å². The third-order valence-electron chi connectivity index (χ3n) is 3.07. The molecule has 0 fully saturated rings. The largest absolute Gasteiger partial charge is 0.392 e. The lowest BCUT2D eigenvalue weighted by Crippen LogP contribution is -1.89. The van der Waals surface area contributed by atoms with Crippen molar-refractivity contribution in [2.75, 3.05) is 12.5 Å². The summed E-state index contributed by atoms with van der Waals surface area (Å²) in [4.78, 5) is 0. The fourth-order valence-electron chi connectivity index (χ4n) is 2.03. The zero-order chi connectivity index (χ0) is 13.9. The maximum Gasteiger partial charge on any atom is 0.0615 e. The summed E-state index contributed by atoms with van der Waals surface area (Å²) >= 11 is 5.69. The van der Waals surface area contributed by atoms with Gasteiger partial charge in [0, 0.05) is 5.88 Å². The molecule has 0 unspecified atom stereocenters. The molecule has 0 atom stereocenters. The van der Waals surface area contributed by atoms with Crippen molar-refractivity contribution >= 4 is 17.7 Å². The van der Waals surface area contributed by atoms with Crippen LogP contribution >= 0.6 is 11.6 Å². The summed E-state index contributed by atoms with van der Waals surface area (Å²) in [6.45, 7) is 2.26. The quantitative estimate of drug-likeness (QED) is 0.545. The number of aliphatic hydroxyl groups is 1. The minimum absolute atomic E-state index is 0.0891. The first-order valence-electron chi connectivity index (χ1n) is 6.85. The standard InChI is InChI=1S/C17H23ClO/c1-15(8-5-13-18)7-4-11-16-9-2-3-10-17(16)12-6-14-19/h2-3,6-7,9-10,12,19H,4-5,8,11,13-14H2,1H3/b12-6+,15-7+. The number of rotatable bonds is 8. The van der Waals surface area contributed by atoms with Crippen molar-refractivity contribution in [1.82, 2.24) is 0 Å². The highest BCUT2D eigenvalue weighted by Crippen LogP contribution is 2.14. The van der Waals surface area contributed by atoms with Gasteiger partial charge < -0.3 is 5.11 Å². The van der Waals surface area contributed by atoms with Gasteiger partial charge in [-0.2, -0.15) is 0 Å². The first-order chi connectivity index (χ1) is 9.27. The summed E-state index contributed by atoms with van der Waals surface area (Å²) in [5.41, 5.74) is 3.95. The highest BCUT2D eigenvalue weighted by atomic mass is 35.5. The van der Waals surface area contributed by atoms with Crippen LogP contribution in [0.25, 0.3) is 6.08 Å². The van der Waals surface area contributed by atoms with Crippen LogP contribution in [0.15, 0.2) is 42.0 Å². The van der Waals surface area contributed by atoms with E-state index in [1.165, 1.54) is 16.7 Å². The molecule has 0 saturated carbocycles. The zero-order valence-electron chi connectivity index (χ0n) is 11.6. The minimum atomic E-state index is 0.0891. The molecule has 0 bridgehead atoms. The molecule has 0 aliphatic rings. The number of benzene rings is 1. The highest BCUT2D eigenvalue weighted by Gasteiger charge is 1.98. The molecule has 19 heavy (non-hydrogen) atoms. The average molecular weight is 279 g/mol. The van der Waals surface area contributed by atoms with E-state index in [-0.39, 0.29) is 6.61 Å². The molecule has 0 amide bonds. The molecular weight excluding hydrogens is 256 g/mol. The molecule has 2 heteroatoms. The van der Waals surface area contributed by atoms with E-state index in [2.05, 4.69) is 31.2 Å². The second-order valence-electron chi connectivity index (χ2n) is 4.67. The van der Waals surface area contributed by atoms with Crippen LogP contribution in [-0.2, 0) is 6.42 Å². The summed E-state index contributed by atoms with van der Waals surface area (Å²) in [5.74, 6) is 0.736. The van der Waals surface area contributed by atoms with Crippen LogP contribution in [0, 0.1) is 0 Å². The second kappa shape index (κ2) is 9.82. The Kier molecular flexibility index (Phi) is 8.28. The molecule has 0 aliphatic carbocycles. The number of hydrogen-bond donors (Lipinski definition) is 1. The number of aliphatic hydroxyl groups excluding tert-OH is 1. The fourth-order valence-corrected chi connectivity index (χ4v) is 2.16. The molecule has 104 valence electrons. The van der Waals surface area contributed by atoms with E-state index < -0.39 is 0 Å². The van der Waals surface area contributed by atoms with Crippen molar-refractivity contribution in [3.05, 3.63) is 53.1 Å². The Balaban J connectivity index is 2.55. The predicted molar refractivity (Wildman–Crippen MR) is 84.6 cm³/mol. The van der Waals surface area contributed by atoms with Crippen molar-refractivity contribution in [2.45, 2.75) is 32.6 Å². The van der Waals surface area contributed by atoms with Gasteiger partial charge in [-0.15, -0.1) is 11.6 Å². The second-order valence-corrected chi connectivity index (χ2v) is 5.04. The van der Waals surface area contributed by atoms with Gasteiger partial charge in [0.05, 0.1) is 6.61 Å². The van der Waals surface area contributed by atoms with Crippen molar-refractivity contribution in [3.8, 4) is 0 Å². The molecule has 0 saturated heterocycles. The molecule has 1 N–H and O–H groups in total. The summed E-state index contributed by atoms with van der Waals surface area (Å²) in [7, 11) is 0. The van der Waals surface area contributed by atoms with Crippen LogP contribution in [0.5, 0.6) is 0 Å². The summed E-state index contributed by atoms with van der Waals surface area (Å²) in [5, 5.41) is 8.84. The molecule has 0 aliphatic heterocycles. The third-order valence-corrected chi connectivity index (χ3v) is 3.34. The van der Waals surface area contributed by atoms with Gasteiger partial charge in [-0.25, -0.2) is 0 Å². The van der Waals surface area contributed by atoms with Gasteiger partial charge in [-0.3, -0.25) is 0 Å². The Labute approximate surface area is 121 Å². The van der Waals surface area contributed by atoms with Crippen molar-refractivity contribution in [1.29, 1.82) is 0 Å². The van der Waals surface area contributed by atoms with Gasteiger partial charge in [-0.1, -0.05) is 48.1 Å². The normalized spacial score (nSPS) is 12.3. The zero-order valence-corrected chi connectivity index (χ0v) is 12.4. The average Bonchev–Trinajstić information content (AvgIpc) is 2.44. The Hall–Kier alpha value is -1.05. The number of allylic oxidation sites excluding steroid dienone is 2. The topological polar surface area (TPSA) is 20.2 Å². The summed E-state index contributed by atoms with van der Waals surface area (Å²) in [6, 6.07) is 8.34. The lowest BCUT2D eigenvalue weighted by Gasteiger charge is -2.05. The van der Waals surface area contributed by atoms with Crippen LogP contribution in [-0.4, -0.2) is 17.6 Å². The van der Waals surface area contributed by atoms with E-state index >= 15 is 0 Å². The van der Waals surface area contributed by atoms with Crippen LogP contribution in [0.2, 0.25) is 0 Å². The van der Waals surface area contributed by atoms with Crippen LogP contribution in [0.1, 0.15) is 37.3 Å². The third kappa shape index (κ3) is 6.60. The number of alkyl halides is 1. The summed E-state index contributed by atoms with van der Waals surface area (Å²) in [6.07, 6.45) is 10.3. The Morgan fingerprint density at radius 3 is 2.84 bits per heavy atom. The molecule has 0 aromatic heterocycles. The fraction of sp³-hybridized carbons (Fsp3) is 0.412. The maximum atomic E-state index is 8.84. The molecular formula is C17H23ClO. The molecule has 1 aromatic rings. The van der Waals surface area contributed by atoms with Gasteiger partial charge in [0.2, 0.25) is 0 Å². The predicted octanol–water partition coefficient (Wildman–Crippen LogP) is 4.59. The Bertz CT molecular complexity index is 421. The van der Waals surface area contributed by atoms with Gasteiger partial charge in [0.15, 0.2) is 0 Å². The molecule has 0 radical (unpaired) electrons. The smallest absolute Gasteiger partial charge is 0.0615 e. The van der Waals surface area contributed by atoms with E-state index in [4.69, 9.17) is 16.7 Å². The summed E-state index contributed by atoms with van der Waals surface area (Å²) < 4.78 is 0. The van der Waals surface area contributed by atoms with Gasteiger partial charge >= 0.3 is 0 Å². The molecule has 0 heterocycles. The van der Waals surface area contributed by atoms with E-state index in [1.807, 2.05) is 12.1 Å². The maximum absolute atomic E-state index is 8.84. The monoisotopic (exact) mass is 278 g/mol. The number of aryl methyl sites for hydroxylation is 1.